The topological polar surface area (TPSA) is 43.8 Å². The van der Waals surface area contributed by atoms with Crippen molar-refractivity contribution in [1.82, 2.24) is 9.80 Å². The van der Waals surface area contributed by atoms with Gasteiger partial charge in [0.25, 0.3) is 0 Å². The van der Waals surface area contributed by atoms with Crippen LogP contribution in [0.1, 0.15) is 25.7 Å². The Balaban J connectivity index is 2.18. The quantitative estimate of drug-likeness (QED) is 0.676. The molecule has 1 amide bonds. The number of carbonyl (C=O) groups is 1. The number of unbranched alkanes of at least 4 members (excludes halogenated alkanes) is 1. The SMILES string of the molecule is CN1CCC(CN(C)C(=O)CCCCO)C1. The lowest BCUT2D eigenvalue weighted by Crippen LogP contribution is -2.32. The third-order valence-electron chi connectivity index (χ3n) is 3.25. The van der Waals surface area contributed by atoms with E-state index in [1.165, 1.54) is 6.42 Å². The van der Waals surface area contributed by atoms with Crippen LogP contribution in [-0.4, -0.2) is 61.2 Å². The summed E-state index contributed by atoms with van der Waals surface area (Å²) in [5.74, 6) is 0.847. The molecule has 94 valence electrons. The zero-order valence-corrected chi connectivity index (χ0v) is 10.5. The van der Waals surface area contributed by atoms with Crippen molar-refractivity contribution in [3.8, 4) is 0 Å². The van der Waals surface area contributed by atoms with Gasteiger partial charge in [-0.1, -0.05) is 0 Å². The normalized spacial score (nSPS) is 21.3. The molecule has 1 unspecified atom stereocenters. The largest absolute Gasteiger partial charge is 0.396 e. The zero-order valence-electron chi connectivity index (χ0n) is 10.5. The molecule has 0 radical (unpaired) electrons. The zero-order chi connectivity index (χ0) is 12.0. The van der Waals surface area contributed by atoms with Crippen molar-refractivity contribution in [2.75, 3.05) is 40.3 Å². The van der Waals surface area contributed by atoms with Gasteiger partial charge in [-0.15, -0.1) is 0 Å². The van der Waals surface area contributed by atoms with Crippen molar-refractivity contribution in [2.45, 2.75) is 25.7 Å². The van der Waals surface area contributed by atoms with Crippen LogP contribution in [0.2, 0.25) is 0 Å². The molecule has 1 saturated heterocycles. The van der Waals surface area contributed by atoms with E-state index in [0.29, 0.717) is 12.3 Å². The van der Waals surface area contributed by atoms with E-state index >= 15 is 0 Å². The van der Waals surface area contributed by atoms with E-state index < -0.39 is 0 Å². The lowest BCUT2D eigenvalue weighted by Gasteiger charge is -2.21. The molecular weight excluding hydrogens is 204 g/mol. The van der Waals surface area contributed by atoms with E-state index in [2.05, 4.69) is 11.9 Å². The summed E-state index contributed by atoms with van der Waals surface area (Å²) in [6.07, 6.45) is 3.29. The molecule has 1 atom stereocenters. The van der Waals surface area contributed by atoms with Crippen LogP contribution in [0.25, 0.3) is 0 Å². The number of aliphatic hydroxyl groups is 1. The highest BCUT2D eigenvalue weighted by atomic mass is 16.3. The Hall–Kier alpha value is -0.610. The second-order valence-corrected chi connectivity index (χ2v) is 4.87. The van der Waals surface area contributed by atoms with E-state index in [9.17, 15) is 4.79 Å². The van der Waals surface area contributed by atoms with Crippen LogP contribution in [0.3, 0.4) is 0 Å². The molecule has 16 heavy (non-hydrogen) atoms. The van der Waals surface area contributed by atoms with E-state index in [1.807, 2.05) is 11.9 Å². The average Bonchev–Trinajstić information content (AvgIpc) is 2.64. The second-order valence-electron chi connectivity index (χ2n) is 4.87. The van der Waals surface area contributed by atoms with Crippen LogP contribution < -0.4 is 0 Å². The molecule has 0 aromatic rings. The number of hydrogen-bond acceptors (Lipinski definition) is 3. The fourth-order valence-electron chi connectivity index (χ4n) is 2.24. The second kappa shape index (κ2) is 6.86. The summed E-state index contributed by atoms with van der Waals surface area (Å²) >= 11 is 0. The number of aliphatic hydroxyl groups excluding tert-OH is 1. The minimum Gasteiger partial charge on any atom is -0.396 e. The maximum atomic E-state index is 11.7. The number of amides is 1. The smallest absolute Gasteiger partial charge is 0.222 e. The van der Waals surface area contributed by atoms with Gasteiger partial charge in [0.15, 0.2) is 0 Å². The van der Waals surface area contributed by atoms with Gasteiger partial charge in [-0.3, -0.25) is 4.79 Å². The predicted molar refractivity (Wildman–Crippen MR) is 64.2 cm³/mol. The van der Waals surface area contributed by atoms with Gasteiger partial charge in [-0.25, -0.2) is 0 Å². The predicted octanol–water partition coefficient (Wildman–Crippen LogP) is 0.559. The summed E-state index contributed by atoms with van der Waals surface area (Å²) in [5, 5.41) is 8.65. The Morgan fingerprint density at radius 1 is 1.50 bits per heavy atom. The van der Waals surface area contributed by atoms with E-state index in [1.54, 1.807) is 0 Å². The van der Waals surface area contributed by atoms with Crippen molar-refractivity contribution in [1.29, 1.82) is 0 Å². The third-order valence-corrected chi connectivity index (χ3v) is 3.25. The van der Waals surface area contributed by atoms with Crippen molar-refractivity contribution >= 4 is 5.91 Å². The first-order valence-electron chi connectivity index (χ1n) is 6.17. The first-order valence-corrected chi connectivity index (χ1v) is 6.17. The van der Waals surface area contributed by atoms with Gasteiger partial charge in [0.2, 0.25) is 5.91 Å². The summed E-state index contributed by atoms with van der Waals surface area (Å²) in [7, 11) is 4.02. The monoisotopic (exact) mass is 228 g/mol. The molecule has 0 saturated carbocycles. The Labute approximate surface area is 98.2 Å². The third kappa shape index (κ3) is 4.49. The molecule has 0 aliphatic carbocycles. The summed E-state index contributed by atoms with van der Waals surface area (Å²) < 4.78 is 0. The molecule has 0 bridgehead atoms. The molecule has 0 aromatic carbocycles. The fraction of sp³-hybridized carbons (Fsp3) is 0.917. The highest BCUT2D eigenvalue weighted by molar-refractivity contribution is 5.75. The average molecular weight is 228 g/mol. The van der Waals surface area contributed by atoms with Crippen LogP contribution in [0.5, 0.6) is 0 Å². The molecule has 1 fully saturated rings. The molecule has 1 rings (SSSR count). The number of likely N-dealkylation sites (tertiary alicyclic amines) is 1. The lowest BCUT2D eigenvalue weighted by atomic mass is 10.1. The Morgan fingerprint density at radius 2 is 2.25 bits per heavy atom. The molecule has 0 aromatic heterocycles. The lowest BCUT2D eigenvalue weighted by molar-refractivity contribution is -0.130. The molecule has 1 N–H and O–H groups in total. The molecule has 4 heteroatoms. The standard InChI is InChI=1S/C12H24N2O2/c1-13-7-6-11(9-13)10-14(2)12(16)5-3-4-8-15/h11,15H,3-10H2,1-2H3. The van der Waals surface area contributed by atoms with Gasteiger partial charge in [-0.2, -0.15) is 0 Å². The minimum absolute atomic E-state index is 0.185. The summed E-state index contributed by atoms with van der Waals surface area (Å²) in [6.45, 7) is 3.32. The maximum Gasteiger partial charge on any atom is 0.222 e. The van der Waals surface area contributed by atoms with Gasteiger partial charge in [-0.05, 0) is 38.8 Å². The summed E-state index contributed by atoms with van der Waals surface area (Å²) in [6, 6.07) is 0. The first kappa shape index (κ1) is 13.5. The number of carbonyl (C=O) groups excluding carboxylic acids is 1. The Morgan fingerprint density at radius 3 is 2.81 bits per heavy atom. The molecular formula is C12H24N2O2. The Bertz CT molecular complexity index is 221. The van der Waals surface area contributed by atoms with Gasteiger partial charge in [0.1, 0.15) is 0 Å². The maximum absolute atomic E-state index is 11.7. The number of nitrogens with zero attached hydrogens (tertiary/aromatic N) is 2. The summed E-state index contributed by atoms with van der Waals surface area (Å²) in [5.41, 5.74) is 0. The van der Waals surface area contributed by atoms with Gasteiger partial charge >= 0.3 is 0 Å². The van der Waals surface area contributed by atoms with E-state index in [-0.39, 0.29) is 12.5 Å². The number of hydrogen-bond donors (Lipinski definition) is 1. The molecule has 1 aliphatic heterocycles. The molecule has 1 aliphatic rings. The van der Waals surface area contributed by atoms with Crippen LogP contribution >= 0.6 is 0 Å². The Kier molecular flexibility index (Phi) is 5.77. The highest BCUT2D eigenvalue weighted by Gasteiger charge is 2.22. The van der Waals surface area contributed by atoms with Crippen molar-refractivity contribution < 1.29 is 9.90 Å². The highest BCUT2D eigenvalue weighted by Crippen LogP contribution is 2.15. The van der Waals surface area contributed by atoms with E-state index in [0.717, 1.165) is 32.5 Å². The van der Waals surface area contributed by atoms with Gasteiger partial charge < -0.3 is 14.9 Å². The van der Waals surface area contributed by atoms with Gasteiger partial charge in [0, 0.05) is 33.2 Å². The fourth-order valence-corrected chi connectivity index (χ4v) is 2.24. The van der Waals surface area contributed by atoms with Crippen molar-refractivity contribution in [3.63, 3.8) is 0 Å². The van der Waals surface area contributed by atoms with Crippen LogP contribution in [0, 0.1) is 5.92 Å². The first-order chi connectivity index (χ1) is 7.63. The van der Waals surface area contributed by atoms with Crippen molar-refractivity contribution in [3.05, 3.63) is 0 Å². The summed E-state index contributed by atoms with van der Waals surface area (Å²) in [4.78, 5) is 15.9. The molecule has 0 spiro atoms. The van der Waals surface area contributed by atoms with E-state index in [4.69, 9.17) is 5.11 Å². The minimum atomic E-state index is 0.185. The van der Waals surface area contributed by atoms with Gasteiger partial charge in [0.05, 0.1) is 0 Å². The molecule has 1 heterocycles. The number of rotatable bonds is 6. The molecule has 4 nitrogen and oxygen atoms in total. The van der Waals surface area contributed by atoms with Crippen molar-refractivity contribution in [2.24, 2.45) is 5.92 Å². The van der Waals surface area contributed by atoms with Crippen LogP contribution in [0.4, 0.5) is 0 Å². The van der Waals surface area contributed by atoms with Crippen LogP contribution in [0.15, 0.2) is 0 Å². The van der Waals surface area contributed by atoms with Crippen LogP contribution in [-0.2, 0) is 4.79 Å².